The summed E-state index contributed by atoms with van der Waals surface area (Å²) in [5, 5.41) is 11.8. The molecular weight excluding hydrogens is 536 g/mol. The molecule has 0 amide bonds. The molecule has 0 aliphatic carbocycles. The first kappa shape index (κ1) is 27.6. The maximum Gasteiger partial charge on any atom is 0.284 e. The van der Waals surface area contributed by atoms with E-state index >= 15 is 0 Å². The van der Waals surface area contributed by atoms with Gasteiger partial charge < -0.3 is 4.31 Å². The molecule has 0 N–H and O–H groups in total. The highest BCUT2D eigenvalue weighted by Crippen LogP contribution is 2.50. The molecule has 0 saturated heterocycles. The lowest BCUT2D eigenvalue weighted by atomic mass is 9.64. The second-order valence-corrected chi connectivity index (χ2v) is 12.2. The molecule has 0 aromatic heterocycles. The first-order valence-corrected chi connectivity index (χ1v) is 14.8. The minimum absolute atomic E-state index is 0.110. The van der Waals surface area contributed by atoms with Gasteiger partial charge in [-0.25, -0.2) is 0 Å². The van der Waals surface area contributed by atoms with Gasteiger partial charge in [-0.3, -0.25) is 10.1 Å². The summed E-state index contributed by atoms with van der Waals surface area (Å²) in [4.78, 5) is 12.2. The van der Waals surface area contributed by atoms with E-state index in [1.54, 1.807) is 12.1 Å². The van der Waals surface area contributed by atoms with Gasteiger partial charge >= 0.3 is 0 Å². The van der Waals surface area contributed by atoms with Crippen LogP contribution in [0.2, 0.25) is 0 Å². The van der Waals surface area contributed by atoms with Gasteiger partial charge in [0.05, 0.1) is 21.6 Å². The average Bonchev–Trinajstić information content (AvgIpc) is 3.01. The molecule has 0 atom stereocenters. The number of fused-ring (bicyclic) bond motifs is 1. The van der Waals surface area contributed by atoms with Crippen LogP contribution < -0.4 is 4.31 Å². The van der Waals surface area contributed by atoms with Crippen LogP contribution in [0, 0.1) is 10.1 Å². The third-order valence-corrected chi connectivity index (χ3v) is 9.43. The molecule has 6 rings (SSSR count). The minimum Gasteiger partial charge on any atom is -0.302 e. The lowest BCUT2D eigenvalue weighted by Crippen LogP contribution is -2.40. The van der Waals surface area contributed by atoms with Crippen molar-refractivity contribution in [3.63, 3.8) is 0 Å². The molecule has 0 bridgehead atoms. The molecule has 1 aliphatic rings. The van der Waals surface area contributed by atoms with Gasteiger partial charge in [0.15, 0.2) is 0 Å². The number of rotatable bonds is 7. The van der Waals surface area contributed by atoms with Gasteiger partial charge in [-0.2, -0.15) is 0 Å². The lowest BCUT2D eigenvalue weighted by Gasteiger charge is -2.43. The Morgan fingerprint density at radius 2 is 1.19 bits per heavy atom. The number of nitro benzene ring substituents is 1. The van der Waals surface area contributed by atoms with E-state index in [-0.39, 0.29) is 16.1 Å². The molecule has 0 radical (unpaired) electrons. The van der Waals surface area contributed by atoms with E-state index in [0.29, 0.717) is 4.90 Å². The Morgan fingerprint density at radius 3 is 1.71 bits per heavy atom. The van der Waals surface area contributed by atoms with Crippen LogP contribution in [0.25, 0.3) is 5.57 Å². The Hall–Kier alpha value is -4.61. The fraction of sp³-hybridized carbons (Fsp3) is 0.135. The van der Waals surface area contributed by atoms with Gasteiger partial charge in [0.2, 0.25) is 0 Å². The maximum atomic E-state index is 11.8. The molecular formula is C37H32N2O2S. The molecule has 1 heterocycles. The van der Waals surface area contributed by atoms with Crippen molar-refractivity contribution in [2.45, 2.75) is 36.6 Å². The number of anilines is 1. The third-order valence-electron chi connectivity index (χ3n) is 8.04. The monoisotopic (exact) mass is 568 g/mol. The molecule has 5 heteroatoms. The normalized spacial score (nSPS) is 14.2. The van der Waals surface area contributed by atoms with E-state index in [1.807, 2.05) is 12.1 Å². The molecule has 0 fully saturated rings. The number of benzene rings is 5. The van der Waals surface area contributed by atoms with E-state index in [2.05, 4.69) is 140 Å². The quantitative estimate of drug-likeness (QED) is 0.0849. The van der Waals surface area contributed by atoms with Crippen LogP contribution in [0.5, 0.6) is 0 Å². The smallest absolute Gasteiger partial charge is 0.284 e. The summed E-state index contributed by atoms with van der Waals surface area (Å²) in [7, 11) is 0. The molecule has 5 aromatic rings. The Labute approximate surface area is 251 Å². The Bertz CT molecular complexity index is 1670. The highest BCUT2D eigenvalue weighted by Gasteiger charge is 2.40. The maximum absolute atomic E-state index is 11.8. The fourth-order valence-corrected chi connectivity index (χ4v) is 7.37. The second-order valence-electron chi connectivity index (χ2n) is 11.2. The van der Waals surface area contributed by atoms with Crippen LogP contribution in [0.15, 0.2) is 144 Å². The summed E-state index contributed by atoms with van der Waals surface area (Å²) < 4.78 is 2.21. The predicted molar refractivity (Wildman–Crippen MR) is 174 cm³/mol. The topological polar surface area (TPSA) is 46.4 Å². The zero-order chi connectivity index (χ0) is 29.3. The van der Waals surface area contributed by atoms with Crippen molar-refractivity contribution in [1.29, 1.82) is 0 Å². The van der Waals surface area contributed by atoms with Crippen molar-refractivity contribution >= 4 is 28.9 Å². The van der Waals surface area contributed by atoms with Crippen molar-refractivity contribution < 1.29 is 4.92 Å². The van der Waals surface area contributed by atoms with Gasteiger partial charge in [0.1, 0.15) is 4.90 Å². The van der Waals surface area contributed by atoms with Crippen molar-refractivity contribution in [3.8, 4) is 0 Å². The minimum atomic E-state index is -0.553. The van der Waals surface area contributed by atoms with E-state index in [9.17, 15) is 10.1 Å². The van der Waals surface area contributed by atoms with E-state index in [1.165, 1.54) is 34.2 Å². The lowest BCUT2D eigenvalue weighted by molar-refractivity contribution is -0.387. The Morgan fingerprint density at radius 1 is 0.690 bits per heavy atom. The zero-order valence-corrected chi connectivity index (χ0v) is 24.7. The van der Waals surface area contributed by atoms with Crippen molar-refractivity contribution in [2.75, 3.05) is 4.31 Å². The molecule has 0 unspecified atom stereocenters. The average molecular weight is 569 g/mol. The summed E-state index contributed by atoms with van der Waals surface area (Å²) in [6, 6.07) is 45.8. The summed E-state index contributed by atoms with van der Waals surface area (Å²) in [6.07, 6.45) is 2.26. The first-order valence-electron chi connectivity index (χ1n) is 14.0. The number of nitro groups is 1. The molecule has 5 aromatic carbocycles. The standard InChI is InChI=1S/C37H32N2O2S/c1-27-26-36(2,3)38(42-35-22-14-13-21-34(35)39(40)41)33-24-23-31(25-32(27)33)37(28-15-7-4-8-16-28,29-17-9-5-10-18-29)30-19-11-6-12-20-30/h4-26H,1-3H3. The molecule has 1 aliphatic heterocycles. The van der Waals surface area contributed by atoms with Crippen molar-refractivity contribution in [3.05, 3.63) is 177 Å². The van der Waals surface area contributed by atoms with Gasteiger partial charge in [-0.15, -0.1) is 0 Å². The Kier molecular flexibility index (Phi) is 7.21. The van der Waals surface area contributed by atoms with Crippen LogP contribution in [0.3, 0.4) is 0 Å². The van der Waals surface area contributed by atoms with Gasteiger partial charge in [-0.05, 0) is 78.7 Å². The van der Waals surface area contributed by atoms with Crippen LogP contribution in [-0.2, 0) is 5.41 Å². The summed E-state index contributed by atoms with van der Waals surface area (Å²) >= 11 is 1.42. The zero-order valence-electron chi connectivity index (χ0n) is 23.9. The largest absolute Gasteiger partial charge is 0.302 e. The SMILES string of the molecule is CC1=CC(C)(C)N(Sc2ccccc2[N+](=O)[O-])c2ccc(C(c3ccccc3)(c3ccccc3)c3ccccc3)cc21. The van der Waals surface area contributed by atoms with E-state index in [0.717, 1.165) is 16.8 Å². The second kappa shape index (κ2) is 11.0. The van der Waals surface area contributed by atoms with Gasteiger partial charge in [-0.1, -0.05) is 115 Å². The summed E-state index contributed by atoms with van der Waals surface area (Å²) in [5.41, 5.74) is 7.24. The van der Waals surface area contributed by atoms with E-state index < -0.39 is 5.41 Å². The predicted octanol–water partition coefficient (Wildman–Crippen LogP) is 9.69. The number of hydrogen-bond acceptors (Lipinski definition) is 4. The number of hydrogen-bond donors (Lipinski definition) is 0. The fourth-order valence-electron chi connectivity index (χ4n) is 6.25. The van der Waals surface area contributed by atoms with Gasteiger partial charge in [0.25, 0.3) is 5.69 Å². The van der Waals surface area contributed by atoms with Crippen LogP contribution in [0.1, 0.15) is 48.6 Å². The summed E-state index contributed by atoms with van der Waals surface area (Å²) in [6.45, 7) is 6.46. The molecule has 42 heavy (non-hydrogen) atoms. The molecule has 0 spiro atoms. The van der Waals surface area contributed by atoms with Gasteiger partial charge in [0, 0.05) is 11.6 Å². The van der Waals surface area contributed by atoms with Crippen LogP contribution >= 0.6 is 11.9 Å². The highest BCUT2D eigenvalue weighted by molar-refractivity contribution is 8.00. The highest BCUT2D eigenvalue weighted by atomic mass is 32.2. The number of allylic oxidation sites excluding steroid dienone is 1. The number of para-hydroxylation sites is 1. The number of nitrogens with zero attached hydrogens (tertiary/aromatic N) is 2. The summed E-state index contributed by atoms with van der Waals surface area (Å²) in [5.74, 6) is 0. The Balaban J connectivity index is 1.59. The molecule has 208 valence electrons. The first-order chi connectivity index (χ1) is 20.3. The van der Waals surface area contributed by atoms with Crippen molar-refractivity contribution in [1.82, 2.24) is 0 Å². The van der Waals surface area contributed by atoms with E-state index in [4.69, 9.17) is 0 Å². The van der Waals surface area contributed by atoms with Crippen molar-refractivity contribution in [2.24, 2.45) is 0 Å². The third kappa shape index (κ3) is 4.70. The molecule has 4 nitrogen and oxygen atoms in total. The molecule has 0 saturated carbocycles. The van der Waals surface area contributed by atoms with Crippen LogP contribution in [0.4, 0.5) is 11.4 Å². The van der Waals surface area contributed by atoms with Crippen LogP contribution in [-0.4, -0.2) is 10.5 Å².